The van der Waals surface area contributed by atoms with Crippen LogP contribution in [0.5, 0.6) is 0 Å². The van der Waals surface area contributed by atoms with Gasteiger partial charge >= 0.3 is 6.09 Å². The molecule has 2 aromatic heterocycles. The van der Waals surface area contributed by atoms with Crippen molar-refractivity contribution in [3.8, 4) is 0 Å². The number of carbonyl (C=O) groups is 1. The van der Waals surface area contributed by atoms with E-state index in [0.29, 0.717) is 0 Å². The van der Waals surface area contributed by atoms with E-state index in [1.165, 1.54) is 0 Å². The van der Waals surface area contributed by atoms with Crippen LogP contribution in [0, 0.1) is 6.92 Å². The first-order chi connectivity index (χ1) is 13.6. The highest BCUT2D eigenvalue weighted by Crippen LogP contribution is 2.37. The molecule has 8 heteroatoms. The van der Waals surface area contributed by atoms with Crippen molar-refractivity contribution in [3.63, 3.8) is 0 Å². The molecule has 0 unspecified atom stereocenters. The van der Waals surface area contributed by atoms with Crippen LogP contribution >= 0.6 is 0 Å². The van der Waals surface area contributed by atoms with Gasteiger partial charge in [0.15, 0.2) is 5.82 Å². The van der Waals surface area contributed by atoms with Crippen LogP contribution in [0.25, 0.3) is 0 Å². The standard InChI is InChI=1S/C21H32N6O2/c1-13(2)24-20(28)29-16-8-7-15(11-16)17-12-18(27(26-17)21(4,5)6)25-19-14(3)22-9-10-23-19/h9-10,12-13,15-16H,7-8,11H2,1-6H3,(H,23,25)(H,24,28)/t15-,16+/m0/s1. The molecule has 0 aromatic carbocycles. The van der Waals surface area contributed by atoms with E-state index in [1.54, 1.807) is 12.4 Å². The smallest absolute Gasteiger partial charge is 0.407 e. The third-order valence-electron chi connectivity index (χ3n) is 4.97. The van der Waals surface area contributed by atoms with Gasteiger partial charge in [0.2, 0.25) is 0 Å². The van der Waals surface area contributed by atoms with E-state index in [9.17, 15) is 4.79 Å². The quantitative estimate of drug-likeness (QED) is 0.779. The van der Waals surface area contributed by atoms with Crippen LogP contribution in [0.15, 0.2) is 18.5 Å². The maximum atomic E-state index is 11.9. The lowest BCUT2D eigenvalue weighted by atomic mass is 10.0. The number of rotatable bonds is 5. The first-order valence-electron chi connectivity index (χ1n) is 10.3. The van der Waals surface area contributed by atoms with Crippen molar-refractivity contribution in [2.75, 3.05) is 5.32 Å². The summed E-state index contributed by atoms with van der Waals surface area (Å²) in [7, 11) is 0. The molecular weight excluding hydrogens is 368 g/mol. The Bertz CT molecular complexity index is 855. The summed E-state index contributed by atoms with van der Waals surface area (Å²) in [5, 5.41) is 11.1. The summed E-state index contributed by atoms with van der Waals surface area (Å²) in [6.07, 6.45) is 5.53. The number of nitrogens with one attached hydrogen (secondary N) is 2. The van der Waals surface area contributed by atoms with Crippen molar-refractivity contribution in [2.45, 2.75) is 84.4 Å². The summed E-state index contributed by atoms with van der Waals surface area (Å²) in [5.74, 6) is 1.87. The number of aryl methyl sites for hydroxylation is 1. The number of hydrogen-bond acceptors (Lipinski definition) is 6. The second kappa shape index (κ2) is 8.39. The van der Waals surface area contributed by atoms with Gasteiger partial charge in [-0.05, 0) is 60.8 Å². The van der Waals surface area contributed by atoms with Crippen molar-refractivity contribution in [1.29, 1.82) is 0 Å². The number of nitrogens with zero attached hydrogens (tertiary/aromatic N) is 4. The molecule has 2 aromatic rings. The molecule has 3 rings (SSSR count). The lowest BCUT2D eigenvalue weighted by molar-refractivity contribution is 0.0981. The lowest BCUT2D eigenvalue weighted by Crippen LogP contribution is -2.33. The molecule has 0 bridgehead atoms. The van der Waals surface area contributed by atoms with Crippen LogP contribution in [0.4, 0.5) is 16.4 Å². The minimum atomic E-state index is -0.341. The fraction of sp³-hybridized carbons (Fsp3) is 0.619. The molecule has 0 saturated heterocycles. The summed E-state index contributed by atoms with van der Waals surface area (Å²) in [6.45, 7) is 12.1. The molecule has 0 aliphatic heterocycles. The Morgan fingerprint density at radius 1 is 1.24 bits per heavy atom. The predicted octanol–water partition coefficient (Wildman–Crippen LogP) is 4.25. The van der Waals surface area contributed by atoms with Crippen molar-refractivity contribution in [3.05, 3.63) is 29.8 Å². The van der Waals surface area contributed by atoms with Gasteiger partial charge < -0.3 is 15.4 Å². The summed E-state index contributed by atoms with van der Waals surface area (Å²) >= 11 is 0. The number of hydrogen-bond donors (Lipinski definition) is 2. The first-order valence-corrected chi connectivity index (χ1v) is 10.3. The van der Waals surface area contributed by atoms with Gasteiger partial charge in [-0.15, -0.1) is 0 Å². The summed E-state index contributed by atoms with van der Waals surface area (Å²) < 4.78 is 7.57. The van der Waals surface area contributed by atoms with E-state index < -0.39 is 0 Å². The molecule has 0 spiro atoms. The van der Waals surface area contributed by atoms with Crippen LogP contribution in [-0.4, -0.2) is 38.0 Å². The topological polar surface area (TPSA) is 94.0 Å². The Kier molecular flexibility index (Phi) is 6.10. The van der Waals surface area contributed by atoms with E-state index in [1.807, 2.05) is 25.5 Å². The zero-order chi connectivity index (χ0) is 21.2. The van der Waals surface area contributed by atoms with Crippen LogP contribution < -0.4 is 10.6 Å². The van der Waals surface area contributed by atoms with E-state index in [0.717, 1.165) is 42.3 Å². The number of carbonyl (C=O) groups excluding carboxylic acids is 1. The van der Waals surface area contributed by atoms with Gasteiger partial charge in [0, 0.05) is 30.4 Å². The van der Waals surface area contributed by atoms with Crippen LogP contribution in [0.3, 0.4) is 0 Å². The lowest BCUT2D eigenvalue weighted by Gasteiger charge is -2.23. The fourth-order valence-electron chi connectivity index (χ4n) is 3.59. The molecule has 1 fully saturated rings. The number of ether oxygens (including phenoxy) is 1. The summed E-state index contributed by atoms with van der Waals surface area (Å²) in [6, 6.07) is 2.15. The normalized spacial score (nSPS) is 19.4. The van der Waals surface area contributed by atoms with Crippen LogP contribution in [0.2, 0.25) is 0 Å². The Morgan fingerprint density at radius 3 is 2.62 bits per heavy atom. The molecule has 158 valence electrons. The minimum absolute atomic E-state index is 0.0698. The number of anilines is 2. The molecule has 8 nitrogen and oxygen atoms in total. The molecule has 29 heavy (non-hydrogen) atoms. The molecular formula is C21H32N6O2. The maximum absolute atomic E-state index is 11.9. The minimum Gasteiger partial charge on any atom is -0.446 e. The molecule has 1 saturated carbocycles. The summed E-state index contributed by atoms with van der Waals surface area (Å²) in [5.41, 5.74) is 1.66. The Balaban J connectivity index is 1.76. The van der Waals surface area contributed by atoms with Gasteiger partial charge in [0.05, 0.1) is 16.9 Å². The van der Waals surface area contributed by atoms with Gasteiger partial charge in [0.25, 0.3) is 0 Å². The average Bonchev–Trinajstić information content (AvgIpc) is 3.22. The first kappa shape index (κ1) is 21.1. The van der Waals surface area contributed by atoms with Gasteiger partial charge in [-0.3, -0.25) is 4.98 Å². The third kappa shape index (κ3) is 5.25. The highest BCUT2D eigenvalue weighted by atomic mass is 16.6. The van der Waals surface area contributed by atoms with Crippen LogP contribution in [0.1, 0.15) is 71.2 Å². The molecule has 1 aliphatic carbocycles. The second-order valence-corrected chi connectivity index (χ2v) is 8.99. The zero-order valence-corrected chi connectivity index (χ0v) is 18.2. The summed E-state index contributed by atoms with van der Waals surface area (Å²) in [4.78, 5) is 20.6. The molecule has 0 radical (unpaired) electrons. The molecule has 1 aliphatic rings. The van der Waals surface area contributed by atoms with Gasteiger partial charge in [-0.25, -0.2) is 14.5 Å². The van der Waals surface area contributed by atoms with E-state index >= 15 is 0 Å². The molecule has 2 N–H and O–H groups in total. The van der Waals surface area contributed by atoms with Crippen molar-refractivity contribution >= 4 is 17.7 Å². The van der Waals surface area contributed by atoms with Crippen LogP contribution in [-0.2, 0) is 10.3 Å². The zero-order valence-electron chi connectivity index (χ0n) is 18.2. The highest BCUT2D eigenvalue weighted by molar-refractivity contribution is 5.67. The SMILES string of the molecule is Cc1nccnc1Nc1cc([C@H]2CC[C@@H](OC(=O)NC(C)C)C2)nn1C(C)(C)C. The average molecular weight is 401 g/mol. The third-order valence-corrected chi connectivity index (χ3v) is 4.97. The van der Waals surface area contributed by atoms with Gasteiger partial charge in [0.1, 0.15) is 11.9 Å². The molecule has 2 atom stereocenters. The second-order valence-electron chi connectivity index (χ2n) is 8.99. The van der Waals surface area contributed by atoms with E-state index in [4.69, 9.17) is 9.84 Å². The van der Waals surface area contributed by atoms with E-state index in [-0.39, 0.29) is 29.7 Å². The van der Waals surface area contributed by atoms with Crippen molar-refractivity contribution in [2.24, 2.45) is 0 Å². The van der Waals surface area contributed by atoms with Crippen molar-refractivity contribution < 1.29 is 9.53 Å². The van der Waals surface area contributed by atoms with Gasteiger partial charge in [-0.2, -0.15) is 5.10 Å². The maximum Gasteiger partial charge on any atom is 0.407 e. The molecule has 1 amide bonds. The Morgan fingerprint density at radius 2 is 1.97 bits per heavy atom. The monoisotopic (exact) mass is 400 g/mol. The largest absolute Gasteiger partial charge is 0.446 e. The fourth-order valence-corrected chi connectivity index (χ4v) is 3.59. The number of amides is 1. The molecule has 2 heterocycles. The predicted molar refractivity (Wildman–Crippen MR) is 112 cm³/mol. The number of alkyl carbamates (subject to hydrolysis) is 1. The number of aromatic nitrogens is 4. The Hall–Kier alpha value is -2.64. The van der Waals surface area contributed by atoms with Crippen molar-refractivity contribution in [1.82, 2.24) is 25.1 Å². The van der Waals surface area contributed by atoms with E-state index in [2.05, 4.69) is 47.4 Å². The Labute approximate surface area is 172 Å². The highest BCUT2D eigenvalue weighted by Gasteiger charge is 2.32. The van der Waals surface area contributed by atoms with Gasteiger partial charge in [-0.1, -0.05) is 0 Å².